The predicted octanol–water partition coefficient (Wildman–Crippen LogP) is 3.68. The number of hydrogen-bond donors (Lipinski definition) is 0. The van der Waals surface area contributed by atoms with Crippen LogP contribution in [0.25, 0.3) is 10.9 Å². The van der Waals surface area contributed by atoms with Crippen molar-refractivity contribution in [3.63, 3.8) is 0 Å². The van der Waals surface area contributed by atoms with Crippen molar-refractivity contribution in [3.8, 4) is 0 Å². The van der Waals surface area contributed by atoms with Crippen molar-refractivity contribution >= 4 is 16.8 Å². The summed E-state index contributed by atoms with van der Waals surface area (Å²) in [4.78, 5) is 17.2. The van der Waals surface area contributed by atoms with Gasteiger partial charge >= 0.3 is 0 Å². The topological polar surface area (TPSA) is 28.5 Å². The molecule has 0 atom stereocenters. The standard InChI is InChI=1S/C22H31N3O/c26-22(24-14-6-7-15-24)17-19-18-25(21-10-3-2-9-20(19)21)16-8-13-23-11-4-1-5-12-23/h2-3,9-10,18H,1,4-8,11-17H2. The Morgan fingerprint density at radius 1 is 0.885 bits per heavy atom. The second-order valence-corrected chi connectivity index (χ2v) is 7.89. The van der Waals surface area contributed by atoms with Crippen LogP contribution in [0.15, 0.2) is 30.5 Å². The van der Waals surface area contributed by atoms with Crippen LogP contribution in [0.2, 0.25) is 0 Å². The molecule has 1 amide bonds. The van der Waals surface area contributed by atoms with E-state index in [1.165, 1.54) is 61.8 Å². The molecule has 1 aromatic heterocycles. The van der Waals surface area contributed by atoms with Gasteiger partial charge in [0.15, 0.2) is 0 Å². The molecule has 140 valence electrons. The average molecular weight is 354 g/mol. The molecule has 2 aromatic rings. The number of nitrogens with zero attached hydrogens (tertiary/aromatic N) is 3. The third-order valence-corrected chi connectivity index (χ3v) is 5.99. The number of likely N-dealkylation sites (tertiary alicyclic amines) is 2. The monoisotopic (exact) mass is 353 g/mol. The first-order chi connectivity index (χ1) is 12.8. The molecule has 0 N–H and O–H groups in total. The van der Waals surface area contributed by atoms with Gasteiger partial charge in [-0.05, 0) is 63.4 Å². The smallest absolute Gasteiger partial charge is 0.227 e. The zero-order chi connectivity index (χ0) is 17.8. The molecule has 0 aliphatic carbocycles. The molecule has 26 heavy (non-hydrogen) atoms. The highest BCUT2D eigenvalue weighted by Crippen LogP contribution is 2.23. The van der Waals surface area contributed by atoms with Crippen LogP contribution in [-0.4, -0.2) is 53.0 Å². The highest BCUT2D eigenvalue weighted by molar-refractivity contribution is 5.89. The molecule has 2 fully saturated rings. The summed E-state index contributed by atoms with van der Waals surface area (Å²) < 4.78 is 2.37. The Hall–Kier alpha value is -1.81. The van der Waals surface area contributed by atoms with Crippen LogP contribution in [0.3, 0.4) is 0 Å². The molecule has 0 saturated carbocycles. The number of aromatic nitrogens is 1. The lowest BCUT2D eigenvalue weighted by molar-refractivity contribution is -0.129. The van der Waals surface area contributed by atoms with Gasteiger partial charge < -0.3 is 14.4 Å². The Bertz CT molecular complexity index is 739. The molecule has 4 nitrogen and oxygen atoms in total. The fourth-order valence-electron chi connectivity index (χ4n) is 4.54. The quantitative estimate of drug-likeness (QED) is 0.792. The Morgan fingerprint density at radius 3 is 2.42 bits per heavy atom. The van der Waals surface area contributed by atoms with Gasteiger partial charge in [0.2, 0.25) is 5.91 Å². The average Bonchev–Trinajstić information content (AvgIpc) is 3.32. The summed E-state index contributed by atoms with van der Waals surface area (Å²) in [6.45, 7) is 6.63. The fourth-order valence-corrected chi connectivity index (χ4v) is 4.54. The van der Waals surface area contributed by atoms with Crippen molar-refractivity contribution in [3.05, 3.63) is 36.0 Å². The molecule has 0 bridgehead atoms. The fraction of sp³-hybridized carbons (Fsp3) is 0.591. The summed E-state index contributed by atoms with van der Waals surface area (Å²) in [5.41, 5.74) is 2.46. The summed E-state index contributed by atoms with van der Waals surface area (Å²) >= 11 is 0. The van der Waals surface area contributed by atoms with Crippen LogP contribution in [0.4, 0.5) is 0 Å². The number of piperidine rings is 1. The molecule has 4 heteroatoms. The van der Waals surface area contributed by atoms with Gasteiger partial charge in [-0.2, -0.15) is 0 Å². The molecular formula is C22H31N3O. The van der Waals surface area contributed by atoms with Crippen LogP contribution >= 0.6 is 0 Å². The van der Waals surface area contributed by atoms with Gasteiger partial charge in [-0.25, -0.2) is 0 Å². The number of amides is 1. The second-order valence-electron chi connectivity index (χ2n) is 7.89. The number of rotatable bonds is 6. The predicted molar refractivity (Wildman–Crippen MR) is 106 cm³/mol. The van der Waals surface area contributed by atoms with Gasteiger partial charge in [-0.15, -0.1) is 0 Å². The SMILES string of the molecule is O=C(Cc1cn(CCCN2CCCCC2)c2ccccc12)N1CCCC1. The molecule has 0 radical (unpaired) electrons. The summed E-state index contributed by atoms with van der Waals surface area (Å²) in [6, 6.07) is 8.56. The van der Waals surface area contributed by atoms with Crippen LogP contribution in [0, 0.1) is 0 Å². The lowest BCUT2D eigenvalue weighted by atomic mass is 10.1. The van der Waals surface area contributed by atoms with Crippen LogP contribution in [-0.2, 0) is 17.8 Å². The van der Waals surface area contributed by atoms with E-state index in [1.807, 2.05) is 4.90 Å². The van der Waals surface area contributed by atoms with Gasteiger partial charge in [0.1, 0.15) is 0 Å². The Balaban J connectivity index is 1.43. The molecule has 2 aliphatic rings. The van der Waals surface area contributed by atoms with Gasteiger partial charge in [-0.1, -0.05) is 24.6 Å². The zero-order valence-electron chi connectivity index (χ0n) is 15.8. The number of para-hydroxylation sites is 1. The van der Waals surface area contributed by atoms with Gasteiger partial charge in [-0.3, -0.25) is 4.79 Å². The van der Waals surface area contributed by atoms with E-state index in [1.54, 1.807) is 0 Å². The van der Waals surface area contributed by atoms with Gasteiger partial charge in [0.25, 0.3) is 0 Å². The molecule has 2 aliphatic heterocycles. The molecule has 4 rings (SSSR count). The first-order valence-electron chi connectivity index (χ1n) is 10.4. The first kappa shape index (κ1) is 17.6. The molecular weight excluding hydrogens is 322 g/mol. The number of hydrogen-bond acceptors (Lipinski definition) is 2. The lowest BCUT2D eigenvalue weighted by Crippen LogP contribution is -2.31. The maximum atomic E-state index is 12.6. The van der Waals surface area contributed by atoms with Gasteiger partial charge in [0, 0.05) is 36.7 Å². The molecule has 0 unspecified atom stereocenters. The Morgan fingerprint density at radius 2 is 1.62 bits per heavy atom. The van der Waals surface area contributed by atoms with Crippen molar-refractivity contribution in [2.24, 2.45) is 0 Å². The Labute approximate surface area is 156 Å². The van der Waals surface area contributed by atoms with E-state index in [2.05, 4.69) is 39.9 Å². The van der Waals surface area contributed by atoms with Crippen molar-refractivity contribution < 1.29 is 4.79 Å². The Kier molecular flexibility index (Phi) is 5.59. The minimum absolute atomic E-state index is 0.290. The van der Waals surface area contributed by atoms with E-state index in [0.717, 1.165) is 32.5 Å². The van der Waals surface area contributed by atoms with Gasteiger partial charge in [0.05, 0.1) is 6.42 Å². The second kappa shape index (κ2) is 8.26. The summed E-state index contributed by atoms with van der Waals surface area (Å²) in [5.74, 6) is 0.290. The van der Waals surface area contributed by atoms with Crippen LogP contribution < -0.4 is 0 Å². The van der Waals surface area contributed by atoms with E-state index in [-0.39, 0.29) is 0 Å². The van der Waals surface area contributed by atoms with Crippen LogP contribution in [0.5, 0.6) is 0 Å². The minimum Gasteiger partial charge on any atom is -0.347 e. The highest BCUT2D eigenvalue weighted by atomic mass is 16.2. The van der Waals surface area contributed by atoms with E-state index >= 15 is 0 Å². The summed E-state index contributed by atoms with van der Waals surface area (Å²) in [7, 11) is 0. The van der Waals surface area contributed by atoms with E-state index < -0.39 is 0 Å². The lowest BCUT2D eigenvalue weighted by Gasteiger charge is -2.26. The van der Waals surface area contributed by atoms with Crippen molar-refractivity contribution in [1.82, 2.24) is 14.4 Å². The number of fused-ring (bicyclic) bond motifs is 1. The maximum Gasteiger partial charge on any atom is 0.227 e. The summed E-state index contributed by atoms with van der Waals surface area (Å²) in [6.07, 6.45) is 10.4. The first-order valence-corrected chi connectivity index (χ1v) is 10.4. The van der Waals surface area contributed by atoms with E-state index in [9.17, 15) is 4.79 Å². The highest BCUT2D eigenvalue weighted by Gasteiger charge is 2.20. The third kappa shape index (κ3) is 3.96. The third-order valence-electron chi connectivity index (χ3n) is 5.99. The molecule has 2 saturated heterocycles. The van der Waals surface area contributed by atoms with Crippen molar-refractivity contribution in [2.45, 2.75) is 51.5 Å². The number of carbonyl (C=O) groups is 1. The number of aryl methyl sites for hydroxylation is 1. The van der Waals surface area contributed by atoms with Crippen molar-refractivity contribution in [2.75, 3.05) is 32.7 Å². The molecule has 0 spiro atoms. The minimum atomic E-state index is 0.290. The molecule has 3 heterocycles. The summed E-state index contributed by atoms with van der Waals surface area (Å²) in [5, 5.41) is 1.25. The number of benzene rings is 1. The molecule has 1 aromatic carbocycles. The largest absolute Gasteiger partial charge is 0.347 e. The normalized spacial score (nSPS) is 18.7. The maximum absolute atomic E-state index is 12.6. The van der Waals surface area contributed by atoms with Crippen LogP contribution in [0.1, 0.15) is 44.1 Å². The van der Waals surface area contributed by atoms with E-state index in [4.69, 9.17) is 0 Å². The van der Waals surface area contributed by atoms with E-state index in [0.29, 0.717) is 12.3 Å². The van der Waals surface area contributed by atoms with Crippen molar-refractivity contribution in [1.29, 1.82) is 0 Å². The number of carbonyl (C=O) groups excluding carboxylic acids is 1. The zero-order valence-corrected chi connectivity index (χ0v) is 15.8.